The summed E-state index contributed by atoms with van der Waals surface area (Å²) < 4.78 is 8.48. The van der Waals surface area contributed by atoms with Gasteiger partial charge in [0.05, 0.1) is 12.8 Å². The van der Waals surface area contributed by atoms with Crippen LogP contribution in [0.1, 0.15) is 16.1 Å². The van der Waals surface area contributed by atoms with Crippen LogP contribution >= 0.6 is 11.3 Å². The van der Waals surface area contributed by atoms with E-state index in [2.05, 4.69) is 20.5 Å². The summed E-state index contributed by atoms with van der Waals surface area (Å²) in [5.41, 5.74) is 12.1. The second-order valence-corrected chi connectivity index (χ2v) is 11.7. The molecule has 10 heteroatoms. The normalized spacial score (nSPS) is 11.3. The van der Waals surface area contributed by atoms with E-state index < -0.39 is 0 Å². The Balaban J connectivity index is 1.18. The Hall–Kier alpha value is -5.61. The molecule has 0 unspecified atom stereocenters. The highest BCUT2D eigenvalue weighted by molar-refractivity contribution is 7.18. The highest BCUT2D eigenvalue weighted by Gasteiger charge is 2.18. The van der Waals surface area contributed by atoms with E-state index in [4.69, 9.17) is 10.5 Å². The highest BCUT2D eigenvalue weighted by Crippen LogP contribution is 2.41. The largest absolute Gasteiger partial charge is 0.495 e. The molecule has 0 aliphatic carbocycles. The van der Waals surface area contributed by atoms with Crippen LogP contribution < -0.4 is 26.0 Å². The van der Waals surface area contributed by atoms with Crippen molar-refractivity contribution in [3.63, 3.8) is 0 Å². The first-order valence-corrected chi connectivity index (χ1v) is 15.6. The molecule has 0 spiro atoms. The molecule has 3 aromatic carbocycles. The van der Waals surface area contributed by atoms with Gasteiger partial charge in [-0.2, -0.15) is 0 Å². The first kappa shape index (κ1) is 30.4. The molecule has 0 bridgehead atoms. The molecule has 2 amide bonds. The third-order valence-electron chi connectivity index (χ3n) is 7.95. The van der Waals surface area contributed by atoms with Crippen LogP contribution in [0.25, 0.3) is 38.2 Å². The number of aryl methyl sites for hydroxylation is 1. The van der Waals surface area contributed by atoms with E-state index >= 15 is 0 Å². The molecule has 6 aromatic rings. The van der Waals surface area contributed by atoms with E-state index in [1.807, 2.05) is 103 Å². The summed E-state index contributed by atoms with van der Waals surface area (Å²) in [5.74, 6) is 0.488. The van der Waals surface area contributed by atoms with Gasteiger partial charge in [-0.15, -0.1) is 11.3 Å². The highest BCUT2D eigenvalue weighted by atomic mass is 32.1. The Morgan fingerprint density at radius 1 is 1.07 bits per heavy atom. The molecule has 6 rings (SSSR count). The molecule has 3 aromatic heterocycles. The molecule has 0 aliphatic heterocycles. The number of likely N-dealkylation sites (N-methyl/N-ethyl adjacent to an activating group) is 1. The van der Waals surface area contributed by atoms with Crippen molar-refractivity contribution in [2.24, 2.45) is 7.05 Å². The quantitative estimate of drug-likeness (QED) is 0.148. The second kappa shape index (κ2) is 13.2. The summed E-state index contributed by atoms with van der Waals surface area (Å²) in [6, 6.07) is 25.4. The number of thiophene rings is 1. The number of carbonyl (C=O) groups is 2. The van der Waals surface area contributed by atoms with Crippen LogP contribution in [0.4, 0.5) is 17.2 Å². The number of nitrogens with two attached hydrogens (primary N) is 1. The maximum Gasteiger partial charge on any atom is 0.272 e. The van der Waals surface area contributed by atoms with E-state index in [1.165, 1.54) is 17.4 Å². The lowest BCUT2D eigenvalue weighted by Gasteiger charge is -2.19. The molecule has 0 saturated carbocycles. The van der Waals surface area contributed by atoms with Crippen molar-refractivity contribution in [2.45, 2.75) is 0 Å². The number of para-hydroxylation sites is 2. The third-order valence-corrected chi connectivity index (χ3v) is 8.98. The molecule has 0 aliphatic rings. The standard InChI is InChI=1S/C36H34N6O3S/c1-41(26-10-5-4-6-11-26)18-17-38-32(43)16-14-25-21-39-35(37)33-27(22-46-34(25)33)23-13-15-28(31(20-23)45-3)40-36(44)30-19-24-9-7-8-12-29(24)42(30)2/h4-16,19-22H,17-18H2,1-3H3,(H2,37,39)(H,38,43)(H,40,44)/b16-14+. The predicted molar refractivity (Wildman–Crippen MR) is 189 cm³/mol. The Labute approximate surface area is 270 Å². The van der Waals surface area contributed by atoms with Gasteiger partial charge in [-0.1, -0.05) is 42.5 Å². The van der Waals surface area contributed by atoms with E-state index in [1.54, 1.807) is 19.4 Å². The monoisotopic (exact) mass is 630 g/mol. The van der Waals surface area contributed by atoms with Crippen LogP contribution in [0.5, 0.6) is 5.75 Å². The number of hydrogen-bond donors (Lipinski definition) is 3. The molecule has 46 heavy (non-hydrogen) atoms. The van der Waals surface area contributed by atoms with Gasteiger partial charge in [0, 0.05) is 77.3 Å². The van der Waals surface area contributed by atoms with Crippen LogP contribution in [-0.4, -0.2) is 48.6 Å². The van der Waals surface area contributed by atoms with Crippen molar-refractivity contribution in [1.82, 2.24) is 14.9 Å². The molecule has 4 N–H and O–H groups in total. The van der Waals surface area contributed by atoms with Crippen LogP contribution in [0.15, 0.2) is 96.5 Å². The van der Waals surface area contributed by atoms with Gasteiger partial charge in [0.1, 0.15) is 17.3 Å². The molecular weight excluding hydrogens is 597 g/mol. The fraction of sp³-hybridized carbons (Fsp3) is 0.139. The van der Waals surface area contributed by atoms with Crippen molar-refractivity contribution in [2.75, 3.05) is 43.2 Å². The average molecular weight is 631 g/mol. The van der Waals surface area contributed by atoms with E-state index in [-0.39, 0.29) is 11.8 Å². The molecule has 232 valence electrons. The fourth-order valence-corrected chi connectivity index (χ4v) is 6.53. The van der Waals surface area contributed by atoms with E-state index in [0.29, 0.717) is 36.0 Å². The number of rotatable bonds is 10. The molecule has 0 atom stereocenters. The molecular formula is C36H34N6O3S. The molecule has 0 radical (unpaired) electrons. The summed E-state index contributed by atoms with van der Waals surface area (Å²) in [6.07, 6.45) is 4.96. The minimum atomic E-state index is -0.233. The van der Waals surface area contributed by atoms with Crippen molar-refractivity contribution < 1.29 is 14.3 Å². The molecule has 0 saturated heterocycles. The lowest BCUT2D eigenvalue weighted by atomic mass is 10.0. The fourth-order valence-electron chi connectivity index (χ4n) is 5.46. The maximum absolute atomic E-state index is 13.3. The zero-order valence-corrected chi connectivity index (χ0v) is 26.6. The van der Waals surface area contributed by atoms with Crippen molar-refractivity contribution in [3.05, 3.63) is 108 Å². The van der Waals surface area contributed by atoms with Gasteiger partial charge in [0.25, 0.3) is 5.91 Å². The van der Waals surface area contributed by atoms with Gasteiger partial charge < -0.3 is 30.6 Å². The van der Waals surface area contributed by atoms with Gasteiger partial charge in [0.2, 0.25) is 5.91 Å². The second-order valence-electron chi connectivity index (χ2n) is 10.9. The summed E-state index contributed by atoms with van der Waals surface area (Å²) >= 11 is 1.53. The Morgan fingerprint density at radius 2 is 1.85 bits per heavy atom. The summed E-state index contributed by atoms with van der Waals surface area (Å²) in [5, 5.41) is 9.75. The summed E-state index contributed by atoms with van der Waals surface area (Å²) in [6.45, 7) is 1.19. The SMILES string of the molecule is COc1cc(-c2csc3c(/C=C/C(=O)NCCN(C)c4ccccc4)cnc(N)c23)ccc1NC(=O)c1cc2ccccc2n1C. The molecule has 3 heterocycles. The number of nitrogens with zero attached hydrogens (tertiary/aromatic N) is 3. The number of nitrogen functional groups attached to an aromatic ring is 1. The molecule has 9 nitrogen and oxygen atoms in total. The molecule has 0 fully saturated rings. The van der Waals surface area contributed by atoms with Crippen molar-refractivity contribution >= 4 is 67.4 Å². The third kappa shape index (κ3) is 6.15. The maximum atomic E-state index is 13.3. The average Bonchev–Trinajstić information content (AvgIpc) is 3.68. The number of ether oxygens (including phenoxy) is 1. The van der Waals surface area contributed by atoms with Gasteiger partial charge in [0.15, 0.2) is 0 Å². The van der Waals surface area contributed by atoms with E-state index in [9.17, 15) is 9.59 Å². The zero-order valence-electron chi connectivity index (χ0n) is 25.8. The van der Waals surface area contributed by atoms with Gasteiger partial charge in [-0.25, -0.2) is 4.98 Å². The van der Waals surface area contributed by atoms with Gasteiger partial charge in [-0.3, -0.25) is 9.59 Å². The smallest absolute Gasteiger partial charge is 0.272 e. The topological polar surface area (TPSA) is 115 Å². The zero-order chi connectivity index (χ0) is 32.2. The first-order chi connectivity index (χ1) is 22.3. The van der Waals surface area contributed by atoms with Crippen molar-refractivity contribution in [1.29, 1.82) is 0 Å². The Kier molecular flexibility index (Phi) is 8.71. The number of benzene rings is 3. The Morgan fingerprint density at radius 3 is 2.63 bits per heavy atom. The first-order valence-electron chi connectivity index (χ1n) is 14.8. The number of fused-ring (bicyclic) bond motifs is 2. The number of amides is 2. The minimum absolute atomic E-state index is 0.186. The number of methoxy groups -OCH3 is 1. The van der Waals surface area contributed by atoms with Crippen LogP contribution in [0.2, 0.25) is 0 Å². The number of aromatic nitrogens is 2. The number of carbonyl (C=O) groups excluding carboxylic acids is 2. The van der Waals surface area contributed by atoms with Gasteiger partial charge >= 0.3 is 0 Å². The van der Waals surface area contributed by atoms with Gasteiger partial charge in [-0.05, 0) is 53.4 Å². The Bertz CT molecular complexity index is 2080. The number of pyridine rings is 1. The predicted octanol–water partition coefficient (Wildman–Crippen LogP) is 6.56. The van der Waals surface area contributed by atoms with Crippen molar-refractivity contribution in [3.8, 4) is 16.9 Å². The summed E-state index contributed by atoms with van der Waals surface area (Å²) in [4.78, 5) is 32.4. The number of hydrogen-bond acceptors (Lipinski definition) is 7. The van der Waals surface area contributed by atoms with Crippen LogP contribution in [0.3, 0.4) is 0 Å². The lowest BCUT2D eigenvalue weighted by molar-refractivity contribution is -0.116. The van der Waals surface area contributed by atoms with E-state index in [0.717, 1.165) is 43.4 Å². The van der Waals surface area contributed by atoms with Crippen LogP contribution in [-0.2, 0) is 11.8 Å². The van der Waals surface area contributed by atoms with Crippen LogP contribution in [0, 0.1) is 0 Å². The summed E-state index contributed by atoms with van der Waals surface area (Å²) in [7, 11) is 5.44. The number of anilines is 3. The lowest BCUT2D eigenvalue weighted by Crippen LogP contribution is -2.31. The minimum Gasteiger partial charge on any atom is -0.495 e. The number of nitrogens with one attached hydrogen (secondary N) is 2.